The maximum Gasteiger partial charge on any atom is 0.125 e. The van der Waals surface area contributed by atoms with Gasteiger partial charge in [0, 0.05) is 11.1 Å². The first kappa shape index (κ1) is 16.8. The monoisotopic (exact) mass is 333 g/mol. The van der Waals surface area contributed by atoms with Gasteiger partial charge < -0.3 is 10.1 Å². The van der Waals surface area contributed by atoms with Gasteiger partial charge in [-0.25, -0.2) is 0 Å². The van der Waals surface area contributed by atoms with Gasteiger partial charge in [0.1, 0.15) is 11.9 Å². The highest BCUT2D eigenvalue weighted by Crippen LogP contribution is 2.29. The summed E-state index contributed by atoms with van der Waals surface area (Å²) in [5.41, 5.74) is 1.22. The molecule has 0 spiro atoms. The van der Waals surface area contributed by atoms with Gasteiger partial charge in [0.2, 0.25) is 0 Å². The zero-order valence-electron chi connectivity index (χ0n) is 12.5. The van der Waals surface area contributed by atoms with Crippen molar-refractivity contribution in [3.05, 3.63) is 65.5 Å². The van der Waals surface area contributed by atoms with Gasteiger partial charge in [0.15, 0.2) is 0 Å². The van der Waals surface area contributed by atoms with Gasteiger partial charge in [-0.2, -0.15) is 0 Å². The van der Waals surface area contributed by atoms with E-state index in [1.165, 1.54) is 15.6 Å². The molecule has 4 heteroatoms. The van der Waals surface area contributed by atoms with E-state index in [1.54, 1.807) is 11.3 Å². The van der Waals surface area contributed by atoms with Crippen LogP contribution in [0.5, 0.6) is 5.75 Å². The number of thiophene rings is 1. The fourth-order valence-electron chi connectivity index (χ4n) is 2.41. The Morgan fingerprint density at radius 1 is 1.09 bits per heavy atom. The average molecular weight is 334 g/mol. The molecular formula is C18H20ClNOS. The van der Waals surface area contributed by atoms with Crippen molar-refractivity contribution in [2.75, 3.05) is 13.6 Å². The molecule has 22 heavy (non-hydrogen) atoms. The highest BCUT2D eigenvalue weighted by Gasteiger charge is 2.13. The van der Waals surface area contributed by atoms with Gasteiger partial charge in [0.25, 0.3) is 0 Å². The number of benzene rings is 2. The molecule has 0 bridgehead atoms. The second kappa shape index (κ2) is 8.18. The molecule has 3 aromatic rings. The van der Waals surface area contributed by atoms with Crippen molar-refractivity contribution in [3.8, 4) is 5.75 Å². The van der Waals surface area contributed by atoms with Gasteiger partial charge in [-0.05, 0) is 54.2 Å². The van der Waals surface area contributed by atoms with Crippen LogP contribution in [-0.4, -0.2) is 13.6 Å². The lowest BCUT2D eigenvalue weighted by atomic mass is 10.1. The van der Waals surface area contributed by atoms with Gasteiger partial charge >= 0.3 is 0 Å². The summed E-state index contributed by atoms with van der Waals surface area (Å²) in [7, 11) is 1.97. The lowest BCUT2D eigenvalue weighted by Gasteiger charge is -2.19. The molecule has 1 atom stereocenters. The number of fused-ring (bicyclic) bond motifs is 1. The van der Waals surface area contributed by atoms with Crippen molar-refractivity contribution in [1.82, 2.24) is 5.32 Å². The Kier molecular flexibility index (Phi) is 6.25. The molecule has 0 amide bonds. The van der Waals surface area contributed by atoms with Crippen LogP contribution in [0, 0.1) is 0 Å². The zero-order valence-corrected chi connectivity index (χ0v) is 14.1. The number of halogens is 1. The van der Waals surface area contributed by atoms with Crippen molar-refractivity contribution in [2.24, 2.45) is 0 Å². The van der Waals surface area contributed by atoms with E-state index in [4.69, 9.17) is 4.74 Å². The first-order valence-electron chi connectivity index (χ1n) is 7.20. The van der Waals surface area contributed by atoms with Crippen LogP contribution in [0.15, 0.2) is 60.0 Å². The highest BCUT2D eigenvalue weighted by molar-refractivity contribution is 7.17. The van der Waals surface area contributed by atoms with E-state index in [2.05, 4.69) is 59.2 Å². The van der Waals surface area contributed by atoms with Crippen molar-refractivity contribution >= 4 is 33.8 Å². The van der Waals surface area contributed by atoms with Crippen LogP contribution in [0.1, 0.15) is 18.1 Å². The van der Waals surface area contributed by atoms with E-state index in [9.17, 15) is 0 Å². The molecule has 1 N–H and O–H groups in total. The Morgan fingerprint density at radius 3 is 2.68 bits per heavy atom. The third-order valence-corrected chi connectivity index (χ3v) is 4.41. The summed E-state index contributed by atoms with van der Waals surface area (Å²) < 4.78 is 7.52. The standard InChI is InChI=1S/C18H19NOS.ClH/c1-19-11-9-17(14-5-3-2-4-6-14)20-16-8-7-15-10-12-21-18(15)13-16;/h2-8,10,12-13,17,19H,9,11H2,1H3;1H/t17-;/m1./s1. The summed E-state index contributed by atoms with van der Waals surface area (Å²) >= 11 is 1.75. The predicted molar refractivity (Wildman–Crippen MR) is 97.4 cm³/mol. The van der Waals surface area contributed by atoms with E-state index in [-0.39, 0.29) is 18.5 Å². The first-order chi connectivity index (χ1) is 10.4. The number of hydrogen-bond donors (Lipinski definition) is 1. The van der Waals surface area contributed by atoms with Crippen molar-refractivity contribution in [3.63, 3.8) is 0 Å². The molecule has 2 aromatic carbocycles. The summed E-state index contributed by atoms with van der Waals surface area (Å²) in [6.07, 6.45) is 1.03. The zero-order chi connectivity index (χ0) is 14.5. The molecule has 0 unspecified atom stereocenters. The smallest absolute Gasteiger partial charge is 0.125 e. The Bertz CT molecular complexity index is 698. The second-order valence-electron chi connectivity index (χ2n) is 5.03. The van der Waals surface area contributed by atoms with Gasteiger partial charge in [-0.15, -0.1) is 23.7 Å². The molecule has 3 rings (SSSR count). The fraction of sp³-hybridized carbons (Fsp3) is 0.222. The van der Waals surface area contributed by atoms with Crippen molar-refractivity contribution < 1.29 is 4.74 Å². The van der Waals surface area contributed by atoms with E-state index >= 15 is 0 Å². The summed E-state index contributed by atoms with van der Waals surface area (Å²) in [5.74, 6) is 0.940. The lowest BCUT2D eigenvalue weighted by molar-refractivity contribution is 0.195. The van der Waals surface area contributed by atoms with Crippen LogP contribution in [0.2, 0.25) is 0 Å². The Balaban J connectivity index is 0.00000176. The fourth-order valence-corrected chi connectivity index (χ4v) is 3.23. The lowest BCUT2D eigenvalue weighted by Crippen LogP contribution is -2.16. The molecule has 116 valence electrons. The largest absolute Gasteiger partial charge is 0.486 e. The van der Waals surface area contributed by atoms with E-state index in [0.717, 1.165) is 18.7 Å². The van der Waals surface area contributed by atoms with E-state index in [0.29, 0.717) is 0 Å². The van der Waals surface area contributed by atoms with Crippen LogP contribution in [0.25, 0.3) is 10.1 Å². The minimum atomic E-state index is 0. The highest BCUT2D eigenvalue weighted by atomic mass is 35.5. The molecule has 0 saturated carbocycles. The number of rotatable bonds is 6. The summed E-state index contributed by atoms with van der Waals surface area (Å²) in [6.45, 7) is 0.931. The predicted octanol–water partition coefficient (Wildman–Crippen LogP) is 5.05. The third-order valence-electron chi connectivity index (χ3n) is 3.53. The minimum Gasteiger partial charge on any atom is -0.486 e. The first-order valence-corrected chi connectivity index (χ1v) is 8.08. The minimum absolute atomic E-state index is 0. The van der Waals surface area contributed by atoms with Gasteiger partial charge in [-0.3, -0.25) is 0 Å². The molecule has 0 saturated heterocycles. The summed E-state index contributed by atoms with van der Waals surface area (Å²) in [4.78, 5) is 0. The molecular weight excluding hydrogens is 314 g/mol. The van der Waals surface area contributed by atoms with E-state index in [1.807, 2.05) is 13.1 Å². The van der Waals surface area contributed by atoms with Crippen LogP contribution in [0.3, 0.4) is 0 Å². The molecule has 0 aliphatic carbocycles. The van der Waals surface area contributed by atoms with Crippen LogP contribution in [0.4, 0.5) is 0 Å². The Morgan fingerprint density at radius 2 is 1.91 bits per heavy atom. The quantitative estimate of drug-likeness (QED) is 0.681. The summed E-state index contributed by atoms with van der Waals surface area (Å²) in [6, 6.07) is 18.9. The van der Waals surface area contributed by atoms with Crippen LogP contribution in [-0.2, 0) is 0 Å². The number of ether oxygens (including phenoxy) is 1. The van der Waals surface area contributed by atoms with Gasteiger partial charge in [0.05, 0.1) is 0 Å². The Labute approximate surface area is 141 Å². The molecule has 1 aromatic heterocycles. The molecule has 0 aliphatic rings. The number of nitrogens with one attached hydrogen (secondary N) is 1. The van der Waals surface area contributed by atoms with E-state index < -0.39 is 0 Å². The molecule has 1 heterocycles. The molecule has 0 radical (unpaired) electrons. The SMILES string of the molecule is CNCC[C@@H](Oc1ccc2ccsc2c1)c1ccccc1.Cl. The second-order valence-corrected chi connectivity index (χ2v) is 5.98. The average Bonchev–Trinajstić information content (AvgIpc) is 3.00. The molecule has 2 nitrogen and oxygen atoms in total. The van der Waals surface area contributed by atoms with Crippen molar-refractivity contribution in [2.45, 2.75) is 12.5 Å². The summed E-state index contributed by atoms with van der Waals surface area (Å²) in [5, 5.41) is 6.59. The normalized spacial score (nSPS) is 11.9. The maximum atomic E-state index is 6.25. The van der Waals surface area contributed by atoms with Gasteiger partial charge in [-0.1, -0.05) is 30.3 Å². The third kappa shape index (κ3) is 4.01. The number of hydrogen-bond acceptors (Lipinski definition) is 3. The van der Waals surface area contributed by atoms with Crippen molar-refractivity contribution in [1.29, 1.82) is 0 Å². The molecule has 0 aliphatic heterocycles. The van der Waals surface area contributed by atoms with Crippen LogP contribution >= 0.6 is 23.7 Å². The van der Waals surface area contributed by atoms with Crippen LogP contribution < -0.4 is 10.1 Å². The topological polar surface area (TPSA) is 21.3 Å². The maximum absolute atomic E-state index is 6.25. The molecule has 0 fully saturated rings. The Hall–Kier alpha value is -1.55.